The highest BCUT2D eigenvalue weighted by atomic mass is 16.5. The molecule has 0 aromatic rings. The molecule has 1 atom stereocenters. The molecular weight excluding hydrogens is 206 g/mol. The maximum Gasteiger partial charge on any atom is 0.0897 e. The van der Waals surface area contributed by atoms with Crippen LogP contribution < -0.4 is 5.32 Å². The molecule has 0 aliphatic rings. The fourth-order valence-corrected chi connectivity index (χ4v) is 1.19. The van der Waals surface area contributed by atoms with Crippen molar-refractivity contribution in [3.8, 4) is 0 Å². The molecule has 0 radical (unpaired) electrons. The van der Waals surface area contributed by atoms with Gasteiger partial charge in [0.05, 0.1) is 25.9 Å². The van der Waals surface area contributed by atoms with Gasteiger partial charge in [-0.2, -0.15) is 0 Å². The SMILES string of the molecule is CCCCOCCOCC(O)CNCCC. The lowest BCUT2D eigenvalue weighted by Gasteiger charge is -2.12. The highest BCUT2D eigenvalue weighted by Crippen LogP contribution is 1.89. The van der Waals surface area contributed by atoms with Crippen molar-refractivity contribution in [1.82, 2.24) is 5.32 Å². The van der Waals surface area contributed by atoms with Crippen LogP contribution in [0, 0.1) is 0 Å². The summed E-state index contributed by atoms with van der Waals surface area (Å²) in [5, 5.41) is 12.6. The quantitative estimate of drug-likeness (QED) is 0.497. The molecule has 0 rings (SSSR count). The van der Waals surface area contributed by atoms with Crippen LogP contribution in [0.5, 0.6) is 0 Å². The van der Waals surface area contributed by atoms with Gasteiger partial charge in [0, 0.05) is 13.2 Å². The average molecular weight is 233 g/mol. The van der Waals surface area contributed by atoms with Crippen molar-refractivity contribution in [2.24, 2.45) is 0 Å². The van der Waals surface area contributed by atoms with Crippen molar-refractivity contribution >= 4 is 0 Å². The molecule has 4 nitrogen and oxygen atoms in total. The van der Waals surface area contributed by atoms with Crippen molar-refractivity contribution in [2.45, 2.75) is 39.2 Å². The standard InChI is InChI=1S/C12H27NO3/c1-3-5-7-15-8-9-16-11-12(14)10-13-6-4-2/h12-14H,3-11H2,1-2H3. The molecule has 2 N–H and O–H groups in total. The second-order valence-corrected chi connectivity index (χ2v) is 3.90. The molecule has 0 heterocycles. The summed E-state index contributed by atoms with van der Waals surface area (Å²) in [5.74, 6) is 0. The number of nitrogens with one attached hydrogen (secondary N) is 1. The predicted molar refractivity (Wildman–Crippen MR) is 65.7 cm³/mol. The molecular formula is C12H27NO3. The van der Waals surface area contributed by atoms with Crippen LogP contribution in [0.15, 0.2) is 0 Å². The zero-order valence-corrected chi connectivity index (χ0v) is 10.7. The molecule has 98 valence electrons. The molecule has 1 unspecified atom stereocenters. The Labute approximate surface area is 99.3 Å². The Kier molecular flexibility index (Phi) is 12.8. The molecule has 0 aliphatic heterocycles. The van der Waals surface area contributed by atoms with E-state index in [1.807, 2.05) is 0 Å². The number of hydrogen-bond donors (Lipinski definition) is 2. The summed E-state index contributed by atoms with van der Waals surface area (Å²) in [7, 11) is 0. The van der Waals surface area contributed by atoms with Crippen molar-refractivity contribution in [3.63, 3.8) is 0 Å². The van der Waals surface area contributed by atoms with Gasteiger partial charge in [-0.25, -0.2) is 0 Å². The van der Waals surface area contributed by atoms with Gasteiger partial charge in [0.2, 0.25) is 0 Å². The van der Waals surface area contributed by atoms with E-state index in [2.05, 4.69) is 19.2 Å². The monoisotopic (exact) mass is 233 g/mol. The maximum atomic E-state index is 9.49. The Bertz CT molecular complexity index is 133. The second kappa shape index (κ2) is 12.9. The van der Waals surface area contributed by atoms with Gasteiger partial charge in [-0.3, -0.25) is 0 Å². The summed E-state index contributed by atoms with van der Waals surface area (Å²) < 4.78 is 10.6. The summed E-state index contributed by atoms with van der Waals surface area (Å²) in [4.78, 5) is 0. The van der Waals surface area contributed by atoms with Crippen LogP contribution in [-0.2, 0) is 9.47 Å². The van der Waals surface area contributed by atoms with Gasteiger partial charge in [0.1, 0.15) is 0 Å². The molecule has 0 saturated carbocycles. The molecule has 0 bridgehead atoms. The minimum atomic E-state index is -0.415. The molecule has 0 aromatic heterocycles. The van der Waals surface area contributed by atoms with E-state index in [0.717, 1.165) is 32.4 Å². The van der Waals surface area contributed by atoms with E-state index < -0.39 is 6.10 Å². The lowest BCUT2D eigenvalue weighted by atomic mass is 10.3. The minimum absolute atomic E-state index is 0.383. The number of ether oxygens (including phenoxy) is 2. The largest absolute Gasteiger partial charge is 0.389 e. The topological polar surface area (TPSA) is 50.7 Å². The molecule has 0 amide bonds. The Balaban J connectivity index is 3.06. The van der Waals surface area contributed by atoms with Crippen LogP contribution in [0.3, 0.4) is 0 Å². The van der Waals surface area contributed by atoms with Gasteiger partial charge in [-0.05, 0) is 19.4 Å². The van der Waals surface area contributed by atoms with Gasteiger partial charge in [0.25, 0.3) is 0 Å². The predicted octanol–water partition coefficient (Wildman–Crippen LogP) is 1.18. The smallest absolute Gasteiger partial charge is 0.0897 e. The van der Waals surface area contributed by atoms with Crippen LogP contribution >= 0.6 is 0 Å². The van der Waals surface area contributed by atoms with Crippen LogP contribution in [0.2, 0.25) is 0 Å². The number of aliphatic hydroxyl groups excluding tert-OH is 1. The third kappa shape index (κ3) is 11.9. The third-order valence-corrected chi connectivity index (χ3v) is 2.13. The maximum absolute atomic E-state index is 9.49. The summed E-state index contributed by atoms with van der Waals surface area (Å²) in [6, 6.07) is 0. The van der Waals surface area contributed by atoms with E-state index in [9.17, 15) is 5.11 Å². The lowest BCUT2D eigenvalue weighted by molar-refractivity contribution is 0.00399. The zero-order valence-electron chi connectivity index (χ0n) is 10.7. The Morgan fingerprint density at radius 1 is 1.06 bits per heavy atom. The van der Waals surface area contributed by atoms with Crippen LogP contribution in [0.1, 0.15) is 33.1 Å². The van der Waals surface area contributed by atoms with Gasteiger partial charge in [-0.1, -0.05) is 20.3 Å². The summed E-state index contributed by atoms with van der Waals surface area (Å²) in [5.41, 5.74) is 0. The zero-order chi connectivity index (χ0) is 12.1. The highest BCUT2D eigenvalue weighted by molar-refractivity contribution is 4.57. The molecule has 0 fully saturated rings. The van der Waals surface area contributed by atoms with Gasteiger partial charge >= 0.3 is 0 Å². The van der Waals surface area contributed by atoms with E-state index in [4.69, 9.17) is 9.47 Å². The van der Waals surface area contributed by atoms with E-state index in [0.29, 0.717) is 26.4 Å². The Hall–Kier alpha value is -0.160. The number of hydrogen-bond acceptors (Lipinski definition) is 4. The van der Waals surface area contributed by atoms with Crippen LogP contribution in [0.25, 0.3) is 0 Å². The van der Waals surface area contributed by atoms with E-state index in [-0.39, 0.29) is 0 Å². The van der Waals surface area contributed by atoms with Gasteiger partial charge in [0.15, 0.2) is 0 Å². The van der Waals surface area contributed by atoms with E-state index in [1.165, 1.54) is 0 Å². The summed E-state index contributed by atoms with van der Waals surface area (Å²) in [6.07, 6.45) is 2.92. The first kappa shape index (κ1) is 15.8. The van der Waals surface area contributed by atoms with Crippen LogP contribution in [-0.4, -0.2) is 50.7 Å². The molecule has 0 aliphatic carbocycles. The highest BCUT2D eigenvalue weighted by Gasteiger charge is 2.02. The molecule has 16 heavy (non-hydrogen) atoms. The Morgan fingerprint density at radius 3 is 2.50 bits per heavy atom. The van der Waals surface area contributed by atoms with E-state index in [1.54, 1.807) is 0 Å². The first-order valence-electron chi connectivity index (χ1n) is 6.35. The second-order valence-electron chi connectivity index (χ2n) is 3.90. The third-order valence-electron chi connectivity index (χ3n) is 2.13. The average Bonchev–Trinajstić information content (AvgIpc) is 2.28. The van der Waals surface area contributed by atoms with Crippen LogP contribution in [0.4, 0.5) is 0 Å². The molecule has 4 heteroatoms. The van der Waals surface area contributed by atoms with Gasteiger partial charge in [-0.15, -0.1) is 0 Å². The van der Waals surface area contributed by atoms with E-state index >= 15 is 0 Å². The fraction of sp³-hybridized carbons (Fsp3) is 1.00. The van der Waals surface area contributed by atoms with Crippen molar-refractivity contribution in [1.29, 1.82) is 0 Å². The molecule has 0 aromatic carbocycles. The number of rotatable bonds is 12. The summed E-state index contributed by atoms with van der Waals surface area (Å²) >= 11 is 0. The first-order chi connectivity index (χ1) is 7.81. The Morgan fingerprint density at radius 2 is 1.81 bits per heavy atom. The normalized spacial score (nSPS) is 12.9. The van der Waals surface area contributed by atoms with Crippen molar-refractivity contribution < 1.29 is 14.6 Å². The minimum Gasteiger partial charge on any atom is -0.389 e. The molecule has 0 spiro atoms. The number of unbranched alkanes of at least 4 members (excludes halogenated alkanes) is 1. The first-order valence-corrected chi connectivity index (χ1v) is 6.35. The molecule has 0 saturated heterocycles. The van der Waals surface area contributed by atoms with Crippen molar-refractivity contribution in [2.75, 3.05) is 39.5 Å². The van der Waals surface area contributed by atoms with Gasteiger partial charge < -0.3 is 19.9 Å². The fourth-order valence-electron chi connectivity index (χ4n) is 1.19. The lowest BCUT2D eigenvalue weighted by Crippen LogP contribution is -2.31. The summed E-state index contributed by atoms with van der Waals surface area (Å²) in [6.45, 7) is 8.16. The van der Waals surface area contributed by atoms with Crippen molar-refractivity contribution in [3.05, 3.63) is 0 Å². The number of aliphatic hydroxyl groups is 1.